The molecule has 2 aromatic carbocycles. The average Bonchev–Trinajstić information content (AvgIpc) is 3.01. The lowest BCUT2D eigenvalue weighted by molar-refractivity contribution is -0.128. The Balaban J connectivity index is 1.76. The SMILES string of the molecule is C=CC(=O)N1CC2CNc3c(c4cc(F)c(-c5c(N)c(Cl)cc(Cl)c5F)c(Cl)c4n(-c4c(C)ccnc4C(C)C)c3=O)N2CC1C. The molecular formula is C33H31Cl3F2N6O2. The minimum Gasteiger partial charge on any atom is -0.397 e. The van der Waals surface area contributed by atoms with Crippen LogP contribution >= 0.6 is 34.8 Å². The molecule has 46 heavy (non-hydrogen) atoms. The Bertz CT molecular complexity index is 2010. The Kier molecular flexibility index (Phi) is 8.19. The zero-order chi connectivity index (χ0) is 33.4. The third-order valence-corrected chi connectivity index (χ3v) is 9.77. The molecule has 1 fully saturated rings. The number of hydrogen-bond acceptors (Lipinski definition) is 6. The highest BCUT2D eigenvalue weighted by molar-refractivity contribution is 6.40. The van der Waals surface area contributed by atoms with Crippen LogP contribution in [0.15, 0.2) is 41.8 Å². The van der Waals surface area contributed by atoms with Crippen molar-refractivity contribution in [1.29, 1.82) is 0 Å². The molecule has 0 aliphatic carbocycles. The number of rotatable bonds is 4. The second-order valence-corrected chi connectivity index (χ2v) is 13.2. The summed E-state index contributed by atoms with van der Waals surface area (Å²) in [6.07, 6.45) is 2.93. The summed E-state index contributed by atoms with van der Waals surface area (Å²) in [4.78, 5) is 35.7. The van der Waals surface area contributed by atoms with Crippen LogP contribution in [0.5, 0.6) is 0 Å². The molecule has 0 bridgehead atoms. The first-order valence-electron chi connectivity index (χ1n) is 14.7. The van der Waals surface area contributed by atoms with E-state index in [-0.39, 0.29) is 61.4 Å². The number of aryl methyl sites for hydroxylation is 1. The Morgan fingerprint density at radius 1 is 1.15 bits per heavy atom. The van der Waals surface area contributed by atoms with Crippen LogP contribution in [-0.2, 0) is 4.79 Å². The van der Waals surface area contributed by atoms with Crippen molar-refractivity contribution in [1.82, 2.24) is 14.5 Å². The first kappa shape index (κ1) is 32.1. The summed E-state index contributed by atoms with van der Waals surface area (Å²) in [5, 5.41) is 2.86. The third kappa shape index (κ3) is 4.80. The van der Waals surface area contributed by atoms with Gasteiger partial charge in [0.2, 0.25) is 5.91 Å². The van der Waals surface area contributed by atoms with E-state index in [9.17, 15) is 9.59 Å². The van der Waals surface area contributed by atoms with Crippen LogP contribution in [0, 0.1) is 18.6 Å². The van der Waals surface area contributed by atoms with Gasteiger partial charge >= 0.3 is 0 Å². The number of anilines is 3. The van der Waals surface area contributed by atoms with Gasteiger partial charge in [-0.05, 0) is 49.6 Å². The Morgan fingerprint density at radius 2 is 1.87 bits per heavy atom. The van der Waals surface area contributed by atoms with Gasteiger partial charge in [-0.1, -0.05) is 55.2 Å². The number of carbonyl (C=O) groups excluding carboxylic acids is 1. The number of halogens is 5. The summed E-state index contributed by atoms with van der Waals surface area (Å²) < 4.78 is 33.6. The van der Waals surface area contributed by atoms with Crippen LogP contribution in [0.25, 0.3) is 27.7 Å². The molecule has 3 N–H and O–H groups in total. The van der Waals surface area contributed by atoms with E-state index in [1.54, 1.807) is 17.2 Å². The quantitative estimate of drug-likeness (QED) is 0.133. The molecule has 4 aromatic rings. The molecule has 0 spiro atoms. The van der Waals surface area contributed by atoms with Gasteiger partial charge < -0.3 is 20.9 Å². The number of aromatic nitrogens is 2. The van der Waals surface area contributed by atoms with Crippen LogP contribution in [0.1, 0.15) is 37.9 Å². The first-order valence-corrected chi connectivity index (χ1v) is 15.8. The van der Waals surface area contributed by atoms with E-state index in [2.05, 4.69) is 16.9 Å². The van der Waals surface area contributed by atoms with Gasteiger partial charge in [0.05, 0.1) is 49.4 Å². The van der Waals surface area contributed by atoms with E-state index in [0.717, 1.165) is 11.6 Å². The summed E-state index contributed by atoms with van der Waals surface area (Å²) in [7, 11) is 0. The topological polar surface area (TPSA) is 96.5 Å². The maximum Gasteiger partial charge on any atom is 0.281 e. The number of benzene rings is 2. The molecule has 1 amide bonds. The fourth-order valence-corrected chi connectivity index (χ4v) is 7.46. The maximum atomic E-state index is 16.5. The van der Waals surface area contributed by atoms with Crippen molar-refractivity contribution < 1.29 is 13.6 Å². The molecule has 2 aliphatic heterocycles. The second-order valence-electron chi connectivity index (χ2n) is 12.0. The van der Waals surface area contributed by atoms with Gasteiger partial charge in [-0.25, -0.2) is 8.78 Å². The summed E-state index contributed by atoms with van der Waals surface area (Å²) in [6, 6.07) is 3.63. The van der Waals surface area contributed by atoms with Gasteiger partial charge in [-0.2, -0.15) is 0 Å². The molecule has 1 saturated heterocycles. The molecule has 13 heteroatoms. The van der Waals surface area contributed by atoms with Crippen LogP contribution < -0.4 is 21.5 Å². The number of hydrogen-bond donors (Lipinski definition) is 2. The molecule has 240 valence electrons. The van der Waals surface area contributed by atoms with E-state index in [1.165, 1.54) is 16.7 Å². The standard InChI is InChI=1S/C33H31Cl3F2N6O2/c1-6-22(45)42-13-17-11-41-29-32(43(17)12-16(42)5)18-9-21(37)23(24-26(38)19(34)10-20(35)27(24)39)25(36)31(18)44(33(29)46)30-15(4)7-8-40-28(30)14(2)3/h6-10,14,16-17,41H,1,11-13,39H2,2-5H3. The van der Waals surface area contributed by atoms with Crippen molar-refractivity contribution in [2.45, 2.75) is 45.7 Å². The first-order chi connectivity index (χ1) is 21.8. The minimum absolute atomic E-state index is 0.0852. The van der Waals surface area contributed by atoms with E-state index in [1.807, 2.05) is 32.6 Å². The minimum atomic E-state index is -1.01. The highest BCUT2D eigenvalue weighted by Crippen LogP contribution is 2.48. The van der Waals surface area contributed by atoms with E-state index in [4.69, 9.17) is 40.5 Å². The van der Waals surface area contributed by atoms with Crippen LogP contribution in [0.3, 0.4) is 0 Å². The molecule has 2 aromatic heterocycles. The molecule has 4 heterocycles. The highest BCUT2D eigenvalue weighted by Gasteiger charge is 2.40. The zero-order valence-electron chi connectivity index (χ0n) is 25.5. The van der Waals surface area contributed by atoms with Crippen molar-refractivity contribution in [3.63, 3.8) is 0 Å². The van der Waals surface area contributed by atoms with Crippen LogP contribution in [0.4, 0.5) is 25.8 Å². The lowest BCUT2D eigenvalue weighted by atomic mass is 9.95. The molecule has 2 atom stereocenters. The summed E-state index contributed by atoms with van der Waals surface area (Å²) in [5.41, 5.74) is 7.33. The highest BCUT2D eigenvalue weighted by atomic mass is 35.5. The normalized spacial score (nSPS) is 17.6. The largest absolute Gasteiger partial charge is 0.397 e. The van der Waals surface area contributed by atoms with Crippen molar-refractivity contribution in [2.75, 3.05) is 35.6 Å². The number of piperazine rings is 1. The number of amides is 1. The smallest absolute Gasteiger partial charge is 0.281 e. The Morgan fingerprint density at radius 3 is 2.54 bits per heavy atom. The average molecular weight is 688 g/mol. The van der Waals surface area contributed by atoms with Gasteiger partial charge in [-0.15, -0.1) is 0 Å². The number of nitrogens with two attached hydrogens (primary N) is 1. The van der Waals surface area contributed by atoms with Crippen molar-refractivity contribution >= 4 is 68.7 Å². The van der Waals surface area contributed by atoms with Crippen molar-refractivity contribution in [2.24, 2.45) is 0 Å². The van der Waals surface area contributed by atoms with E-state index < -0.39 is 22.8 Å². The number of nitrogen functional groups attached to an aromatic ring is 1. The fraction of sp³-hybridized carbons (Fsp3) is 0.303. The van der Waals surface area contributed by atoms with Gasteiger partial charge in [0.15, 0.2) is 5.82 Å². The summed E-state index contributed by atoms with van der Waals surface area (Å²) in [6.45, 7) is 12.3. The Labute approximate surface area is 279 Å². The lowest BCUT2D eigenvalue weighted by Gasteiger charge is -2.49. The van der Waals surface area contributed by atoms with Crippen molar-refractivity contribution in [3.05, 3.63) is 85.4 Å². The van der Waals surface area contributed by atoms with Gasteiger partial charge in [-0.3, -0.25) is 19.1 Å². The van der Waals surface area contributed by atoms with Crippen LogP contribution in [-0.4, -0.2) is 52.1 Å². The van der Waals surface area contributed by atoms with E-state index >= 15 is 8.78 Å². The molecule has 0 saturated carbocycles. The van der Waals surface area contributed by atoms with Crippen LogP contribution in [0.2, 0.25) is 15.1 Å². The number of fused-ring (bicyclic) bond motifs is 5. The lowest BCUT2D eigenvalue weighted by Crippen LogP contribution is -2.62. The third-order valence-electron chi connectivity index (χ3n) is 8.81. The molecule has 2 aliphatic rings. The maximum absolute atomic E-state index is 16.5. The summed E-state index contributed by atoms with van der Waals surface area (Å²) in [5.74, 6) is -2.21. The molecular weight excluding hydrogens is 657 g/mol. The second kappa shape index (κ2) is 11.7. The monoisotopic (exact) mass is 686 g/mol. The molecule has 8 nitrogen and oxygen atoms in total. The molecule has 0 radical (unpaired) electrons. The predicted molar refractivity (Wildman–Crippen MR) is 182 cm³/mol. The molecule has 6 rings (SSSR count). The summed E-state index contributed by atoms with van der Waals surface area (Å²) >= 11 is 19.5. The Hall–Kier alpha value is -3.86. The van der Waals surface area contributed by atoms with E-state index in [0.29, 0.717) is 42.1 Å². The fourth-order valence-electron chi connectivity index (χ4n) is 6.63. The number of pyridine rings is 2. The van der Waals surface area contributed by atoms with Gasteiger partial charge in [0.25, 0.3) is 5.56 Å². The number of carbonyl (C=O) groups is 1. The predicted octanol–water partition coefficient (Wildman–Crippen LogP) is 7.32. The van der Waals surface area contributed by atoms with Gasteiger partial charge in [0, 0.05) is 48.4 Å². The zero-order valence-corrected chi connectivity index (χ0v) is 27.8. The molecule has 2 unspecified atom stereocenters. The van der Waals surface area contributed by atoms with Gasteiger partial charge in [0.1, 0.15) is 11.5 Å². The number of nitrogens with one attached hydrogen (secondary N) is 1. The number of nitrogens with zero attached hydrogens (tertiary/aromatic N) is 4. The van der Waals surface area contributed by atoms with Crippen molar-refractivity contribution in [3.8, 4) is 16.8 Å².